The van der Waals surface area contributed by atoms with Crippen LogP contribution < -0.4 is 14.8 Å². The van der Waals surface area contributed by atoms with Crippen molar-refractivity contribution in [1.82, 2.24) is 0 Å². The Morgan fingerprint density at radius 2 is 1.86 bits per heavy atom. The number of carbonyl (C=O) groups is 2. The van der Waals surface area contributed by atoms with E-state index in [1.807, 2.05) is 19.1 Å². The van der Waals surface area contributed by atoms with Crippen molar-refractivity contribution in [1.29, 1.82) is 0 Å². The average Bonchev–Trinajstić information content (AvgIpc) is 2.63. The molecule has 9 heteroatoms. The summed E-state index contributed by atoms with van der Waals surface area (Å²) in [6, 6.07) is 10.9. The number of rotatable bonds is 8. The van der Waals surface area contributed by atoms with Crippen molar-refractivity contribution in [2.24, 2.45) is 0 Å². The van der Waals surface area contributed by atoms with E-state index in [4.69, 9.17) is 21.1 Å². The minimum atomic E-state index is -3.01. The third-order valence-electron chi connectivity index (χ3n) is 3.53. The first-order valence-corrected chi connectivity index (χ1v) is 8.57. The lowest BCUT2D eigenvalue weighted by atomic mass is 10.2. The summed E-state index contributed by atoms with van der Waals surface area (Å²) < 4.78 is 39.0. The Kier molecular flexibility index (Phi) is 7.57. The summed E-state index contributed by atoms with van der Waals surface area (Å²) in [5.74, 6) is -1.02. The number of nitrogens with one attached hydrogen (secondary N) is 1. The van der Waals surface area contributed by atoms with E-state index in [2.05, 4.69) is 10.1 Å². The second kappa shape index (κ2) is 9.89. The summed E-state index contributed by atoms with van der Waals surface area (Å²) in [5.41, 5.74) is 1.09. The van der Waals surface area contributed by atoms with Crippen molar-refractivity contribution in [3.63, 3.8) is 0 Å². The second-order valence-corrected chi connectivity index (χ2v) is 6.11. The molecule has 1 amide bonds. The number of benzene rings is 2. The highest BCUT2D eigenvalue weighted by molar-refractivity contribution is 6.32. The number of aryl methyl sites for hydroxylation is 1. The van der Waals surface area contributed by atoms with Gasteiger partial charge < -0.3 is 19.5 Å². The summed E-state index contributed by atoms with van der Waals surface area (Å²) in [6.07, 6.45) is -1.11. The molecule has 28 heavy (non-hydrogen) atoms. The topological polar surface area (TPSA) is 73.9 Å². The van der Waals surface area contributed by atoms with Gasteiger partial charge >= 0.3 is 12.6 Å². The molecule has 1 N–H and O–H groups in total. The number of anilines is 1. The Morgan fingerprint density at radius 3 is 2.50 bits per heavy atom. The third kappa shape index (κ3) is 6.38. The standard InChI is InChI=1S/C19H18ClF2NO5/c1-11-5-3-4-6-15(11)26-10-17(24)27-12(2)18(25)23-13-7-8-16(14(20)9-13)28-19(21)22/h3-9,12,19H,10H2,1-2H3,(H,23,25). The maximum Gasteiger partial charge on any atom is 0.387 e. The average molecular weight is 414 g/mol. The number of hydrogen-bond donors (Lipinski definition) is 1. The van der Waals surface area contributed by atoms with Crippen LogP contribution in [0.1, 0.15) is 12.5 Å². The van der Waals surface area contributed by atoms with Gasteiger partial charge in [-0.15, -0.1) is 0 Å². The Labute approximate surface area is 165 Å². The van der Waals surface area contributed by atoms with Crippen LogP contribution in [0.4, 0.5) is 14.5 Å². The van der Waals surface area contributed by atoms with Crippen molar-refractivity contribution in [2.75, 3.05) is 11.9 Å². The number of para-hydroxylation sites is 1. The fourth-order valence-corrected chi connectivity index (χ4v) is 2.38. The molecule has 6 nitrogen and oxygen atoms in total. The van der Waals surface area contributed by atoms with Gasteiger partial charge in [0.2, 0.25) is 0 Å². The number of amides is 1. The summed E-state index contributed by atoms with van der Waals surface area (Å²) in [4.78, 5) is 24.0. The second-order valence-electron chi connectivity index (χ2n) is 5.70. The molecule has 0 aromatic heterocycles. The smallest absolute Gasteiger partial charge is 0.387 e. The molecule has 1 atom stereocenters. The van der Waals surface area contributed by atoms with E-state index in [0.717, 1.165) is 5.56 Å². The molecule has 0 aliphatic carbocycles. The van der Waals surface area contributed by atoms with Crippen molar-refractivity contribution in [2.45, 2.75) is 26.6 Å². The van der Waals surface area contributed by atoms with Gasteiger partial charge in [-0.05, 0) is 43.7 Å². The van der Waals surface area contributed by atoms with Gasteiger partial charge in [0.15, 0.2) is 12.7 Å². The molecule has 0 fully saturated rings. The molecular weight excluding hydrogens is 396 g/mol. The predicted octanol–water partition coefficient (Wildman–Crippen LogP) is 4.20. The number of ether oxygens (including phenoxy) is 3. The molecular formula is C19H18ClF2NO5. The monoisotopic (exact) mass is 413 g/mol. The van der Waals surface area contributed by atoms with Crippen LogP contribution in [0.15, 0.2) is 42.5 Å². The molecule has 0 radical (unpaired) electrons. The summed E-state index contributed by atoms with van der Waals surface area (Å²) in [5, 5.41) is 2.36. The highest BCUT2D eigenvalue weighted by atomic mass is 35.5. The van der Waals surface area contributed by atoms with Crippen molar-refractivity contribution in [3.8, 4) is 11.5 Å². The largest absolute Gasteiger partial charge is 0.482 e. The molecule has 0 spiro atoms. The Bertz CT molecular complexity index is 847. The molecule has 2 aromatic rings. The van der Waals surface area contributed by atoms with Gasteiger partial charge in [0, 0.05) is 5.69 Å². The first kappa shape index (κ1) is 21.4. The molecule has 0 aliphatic rings. The van der Waals surface area contributed by atoms with Crippen LogP contribution in [0.5, 0.6) is 11.5 Å². The maximum atomic E-state index is 12.2. The quantitative estimate of drug-likeness (QED) is 0.656. The lowest BCUT2D eigenvalue weighted by Gasteiger charge is -2.15. The fourth-order valence-electron chi connectivity index (χ4n) is 2.15. The zero-order valence-electron chi connectivity index (χ0n) is 15.1. The third-order valence-corrected chi connectivity index (χ3v) is 3.83. The minimum Gasteiger partial charge on any atom is -0.482 e. The van der Waals surface area contributed by atoms with Crippen molar-refractivity contribution >= 4 is 29.2 Å². The van der Waals surface area contributed by atoms with Crippen LogP contribution in [-0.4, -0.2) is 31.2 Å². The van der Waals surface area contributed by atoms with Gasteiger partial charge in [-0.1, -0.05) is 29.8 Å². The van der Waals surface area contributed by atoms with Gasteiger partial charge in [-0.2, -0.15) is 8.78 Å². The van der Waals surface area contributed by atoms with E-state index >= 15 is 0 Å². The van der Waals surface area contributed by atoms with E-state index in [9.17, 15) is 18.4 Å². The maximum absolute atomic E-state index is 12.2. The first-order chi connectivity index (χ1) is 13.3. The Morgan fingerprint density at radius 1 is 1.14 bits per heavy atom. The highest BCUT2D eigenvalue weighted by Crippen LogP contribution is 2.29. The first-order valence-electron chi connectivity index (χ1n) is 8.19. The van der Waals surface area contributed by atoms with Crippen LogP contribution in [0.3, 0.4) is 0 Å². The summed E-state index contributed by atoms with van der Waals surface area (Å²) >= 11 is 5.82. The van der Waals surface area contributed by atoms with Crippen LogP contribution in [0.2, 0.25) is 5.02 Å². The zero-order chi connectivity index (χ0) is 20.7. The van der Waals surface area contributed by atoms with Gasteiger partial charge in [0.1, 0.15) is 11.5 Å². The van der Waals surface area contributed by atoms with Crippen LogP contribution in [0, 0.1) is 6.92 Å². The van der Waals surface area contributed by atoms with Gasteiger partial charge in [0.25, 0.3) is 5.91 Å². The summed E-state index contributed by atoms with van der Waals surface area (Å²) in [7, 11) is 0. The molecule has 0 saturated carbocycles. The van der Waals surface area contributed by atoms with Crippen LogP contribution in [0.25, 0.3) is 0 Å². The Balaban J connectivity index is 1.86. The zero-order valence-corrected chi connectivity index (χ0v) is 15.8. The van der Waals surface area contributed by atoms with Gasteiger partial charge in [0.05, 0.1) is 5.02 Å². The molecule has 2 rings (SSSR count). The number of esters is 1. The normalized spacial score (nSPS) is 11.6. The van der Waals surface area contributed by atoms with E-state index in [-0.39, 0.29) is 23.1 Å². The van der Waals surface area contributed by atoms with Crippen LogP contribution >= 0.6 is 11.6 Å². The van der Waals surface area contributed by atoms with Gasteiger partial charge in [-0.3, -0.25) is 4.79 Å². The van der Waals surface area contributed by atoms with Crippen molar-refractivity contribution in [3.05, 3.63) is 53.1 Å². The molecule has 1 unspecified atom stereocenters. The highest BCUT2D eigenvalue weighted by Gasteiger charge is 2.19. The lowest BCUT2D eigenvalue weighted by Crippen LogP contribution is -2.31. The minimum absolute atomic E-state index is 0.102. The van der Waals surface area contributed by atoms with Crippen molar-refractivity contribution < 1.29 is 32.6 Å². The number of halogens is 3. The number of hydrogen-bond acceptors (Lipinski definition) is 5. The Hall–Kier alpha value is -2.87. The van der Waals surface area contributed by atoms with E-state index in [1.54, 1.807) is 12.1 Å². The molecule has 0 heterocycles. The van der Waals surface area contributed by atoms with Gasteiger partial charge in [-0.25, -0.2) is 4.79 Å². The molecule has 0 saturated heterocycles. The van der Waals surface area contributed by atoms with Crippen LogP contribution in [-0.2, 0) is 14.3 Å². The lowest BCUT2D eigenvalue weighted by molar-refractivity contribution is -0.155. The summed E-state index contributed by atoms with van der Waals surface area (Å²) in [6.45, 7) is -0.149. The predicted molar refractivity (Wildman–Crippen MR) is 98.9 cm³/mol. The molecule has 0 bridgehead atoms. The SMILES string of the molecule is Cc1ccccc1OCC(=O)OC(C)C(=O)Nc1ccc(OC(F)F)c(Cl)c1. The van der Waals surface area contributed by atoms with E-state index < -0.39 is 24.6 Å². The van der Waals surface area contributed by atoms with E-state index in [0.29, 0.717) is 5.75 Å². The molecule has 2 aromatic carbocycles. The number of alkyl halides is 2. The molecule has 150 valence electrons. The molecule has 0 aliphatic heterocycles. The van der Waals surface area contributed by atoms with E-state index in [1.165, 1.54) is 25.1 Å². The number of carbonyl (C=O) groups excluding carboxylic acids is 2. The fraction of sp³-hybridized carbons (Fsp3) is 0.263.